The number of aliphatic imine (C=N–C) groups is 1. The summed E-state index contributed by atoms with van der Waals surface area (Å²) in [5.74, 6) is 1.05. The van der Waals surface area contributed by atoms with Crippen molar-refractivity contribution in [3.8, 4) is 11.5 Å². The molecule has 1 aliphatic heterocycles. The second-order valence-electron chi connectivity index (χ2n) is 6.70. The minimum Gasteiger partial charge on any atom is -0.493 e. The fourth-order valence-corrected chi connectivity index (χ4v) is 3.52. The number of esters is 1. The number of hydrogen-bond acceptors (Lipinski definition) is 5. The van der Waals surface area contributed by atoms with Gasteiger partial charge in [0.05, 0.1) is 18.7 Å². The number of hydrogen-bond donors (Lipinski definition) is 0. The van der Waals surface area contributed by atoms with Gasteiger partial charge >= 0.3 is 5.97 Å². The van der Waals surface area contributed by atoms with Gasteiger partial charge in [0, 0.05) is 13.6 Å². The van der Waals surface area contributed by atoms with Crippen molar-refractivity contribution in [1.82, 2.24) is 0 Å². The Balaban J connectivity index is 1.92. The summed E-state index contributed by atoms with van der Waals surface area (Å²) in [5, 5.41) is 0.397. The summed E-state index contributed by atoms with van der Waals surface area (Å²) in [6.45, 7) is 4.61. The van der Waals surface area contributed by atoms with Crippen molar-refractivity contribution < 1.29 is 19.0 Å². The fourth-order valence-electron chi connectivity index (χ4n) is 2.53. The first-order valence-electron chi connectivity index (χ1n) is 8.76. The maximum Gasteiger partial charge on any atom is 0.363 e. The van der Waals surface area contributed by atoms with E-state index in [1.807, 2.05) is 32.0 Å². The van der Waals surface area contributed by atoms with E-state index in [1.165, 1.54) is 0 Å². The third-order valence-corrected chi connectivity index (χ3v) is 6.52. The average molecular weight is 591 g/mol. The lowest BCUT2D eigenvalue weighted by Gasteiger charge is -2.14. The highest BCUT2D eigenvalue weighted by molar-refractivity contribution is 14.1. The maximum absolute atomic E-state index is 12.3. The Morgan fingerprint density at radius 2 is 2.07 bits per heavy atom. The summed E-state index contributed by atoms with van der Waals surface area (Å²) in [6, 6.07) is 9.07. The fraction of sp³-hybridized carbons (Fsp3) is 0.238. The second kappa shape index (κ2) is 9.49. The zero-order chi connectivity index (χ0) is 21.1. The molecule has 1 heterocycles. The molecule has 0 saturated heterocycles. The number of cyclic esters (lactones) is 1. The van der Waals surface area contributed by atoms with Crippen molar-refractivity contribution in [2.75, 3.05) is 13.7 Å². The molecule has 2 aromatic rings. The standard InChI is InChI=1S/C21H18BrClINO4/c1-11(2)10-28-19-15(23)6-12(8-18(19)27-3)7-17-21(26)29-20(25-17)13-4-5-16(24)14(22)9-13/h4-9,11H,10H2,1-3H3/b17-7-. The van der Waals surface area contributed by atoms with Gasteiger partial charge in [-0.15, -0.1) is 0 Å². The Hall–Kier alpha value is -1.58. The second-order valence-corrected chi connectivity index (χ2v) is 9.13. The van der Waals surface area contributed by atoms with Gasteiger partial charge in [-0.3, -0.25) is 0 Å². The zero-order valence-corrected chi connectivity index (χ0v) is 20.5. The SMILES string of the molecule is COc1cc(/C=C2\N=C(c3ccc(I)c(Br)c3)OC2=O)cc(Cl)c1OCC(C)C. The third kappa shape index (κ3) is 5.32. The molecule has 0 atom stereocenters. The van der Waals surface area contributed by atoms with E-state index in [4.69, 9.17) is 25.8 Å². The normalized spacial score (nSPS) is 14.9. The van der Waals surface area contributed by atoms with Crippen molar-refractivity contribution in [2.24, 2.45) is 10.9 Å². The Kier molecular flexibility index (Phi) is 7.23. The molecule has 0 aromatic heterocycles. The van der Waals surface area contributed by atoms with Gasteiger partial charge in [-0.25, -0.2) is 9.79 Å². The molecule has 5 nitrogen and oxygen atoms in total. The summed E-state index contributed by atoms with van der Waals surface area (Å²) < 4.78 is 18.5. The van der Waals surface area contributed by atoms with E-state index in [1.54, 1.807) is 25.3 Å². The quantitative estimate of drug-likeness (QED) is 0.232. The molecule has 0 bridgehead atoms. The maximum atomic E-state index is 12.3. The van der Waals surface area contributed by atoms with Crippen molar-refractivity contribution in [1.29, 1.82) is 0 Å². The van der Waals surface area contributed by atoms with Crippen LogP contribution in [0, 0.1) is 9.49 Å². The molecule has 0 spiro atoms. The van der Waals surface area contributed by atoms with Crippen LogP contribution in [0.1, 0.15) is 25.0 Å². The van der Waals surface area contributed by atoms with Crippen LogP contribution >= 0.6 is 50.1 Å². The van der Waals surface area contributed by atoms with Crippen molar-refractivity contribution in [2.45, 2.75) is 13.8 Å². The number of benzene rings is 2. The predicted molar refractivity (Wildman–Crippen MR) is 126 cm³/mol. The Labute approximate surface area is 196 Å². The summed E-state index contributed by atoms with van der Waals surface area (Å²) in [7, 11) is 1.54. The molecular weight excluding hydrogens is 572 g/mol. The Morgan fingerprint density at radius 3 is 2.72 bits per heavy atom. The highest BCUT2D eigenvalue weighted by Crippen LogP contribution is 2.37. The molecular formula is C21H18BrClINO4. The first kappa shape index (κ1) is 22.1. The number of carbonyl (C=O) groups is 1. The number of halogens is 3. The Bertz CT molecular complexity index is 1020. The summed E-state index contributed by atoms with van der Waals surface area (Å²) in [6.07, 6.45) is 1.61. The predicted octanol–water partition coefficient (Wildman–Crippen LogP) is 6.10. The van der Waals surface area contributed by atoms with Gasteiger partial charge in [0.1, 0.15) is 0 Å². The number of carbonyl (C=O) groups excluding carboxylic acids is 1. The highest BCUT2D eigenvalue weighted by atomic mass is 127. The molecule has 0 amide bonds. The van der Waals surface area contributed by atoms with Gasteiger partial charge in [0.25, 0.3) is 0 Å². The van der Waals surface area contributed by atoms with Crippen LogP contribution in [0.4, 0.5) is 0 Å². The van der Waals surface area contributed by atoms with Gasteiger partial charge in [-0.1, -0.05) is 25.4 Å². The number of ether oxygens (including phenoxy) is 3. The van der Waals surface area contributed by atoms with E-state index in [2.05, 4.69) is 43.5 Å². The van der Waals surface area contributed by atoms with Gasteiger partial charge in [0.15, 0.2) is 17.2 Å². The zero-order valence-electron chi connectivity index (χ0n) is 16.0. The largest absolute Gasteiger partial charge is 0.493 e. The lowest BCUT2D eigenvalue weighted by molar-refractivity contribution is -0.129. The highest BCUT2D eigenvalue weighted by Gasteiger charge is 2.25. The van der Waals surface area contributed by atoms with Crippen molar-refractivity contribution in [3.63, 3.8) is 0 Å². The lowest BCUT2D eigenvalue weighted by atomic mass is 10.1. The first-order chi connectivity index (χ1) is 13.8. The van der Waals surface area contributed by atoms with E-state index >= 15 is 0 Å². The van der Waals surface area contributed by atoms with Crippen LogP contribution in [0.5, 0.6) is 11.5 Å². The molecule has 0 N–H and O–H groups in total. The molecule has 152 valence electrons. The molecule has 0 saturated carbocycles. The molecule has 0 radical (unpaired) electrons. The van der Waals surface area contributed by atoms with Crippen molar-refractivity contribution in [3.05, 3.63) is 60.2 Å². The van der Waals surface area contributed by atoms with Gasteiger partial charge < -0.3 is 14.2 Å². The molecule has 1 aliphatic rings. The average Bonchev–Trinajstić information content (AvgIpc) is 3.03. The van der Waals surface area contributed by atoms with Gasteiger partial charge in [0.2, 0.25) is 5.90 Å². The van der Waals surface area contributed by atoms with Crippen LogP contribution in [-0.2, 0) is 9.53 Å². The first-order valence-corrected chi connectivity index (χ1v) is 11.0. The minimum atomic E-state index is -0.523. The summed E-state index contributed by atoms with van der Waals surface area (Å²) in [4.78, 5) is 16.6. The smallest absolute Gasteiger partial charge is 0.363 e. The Morgan fingerprint density at radius 1 is 1.31 bits per heavy atom. The molecule has 0 aliphatic carbocycles. The topological polar surface area (TPSA) is 57.1 Å². The number of nitrogens with zero attached hydrogens (tertiary/aromatic N) is 1. The summed E-state index contributed by atoms with van der Waals surface area (Å²) >= 11 is 12.1. The van der Waals surface area contributed by atoms with Crippen LogP contribution in [0.2, 0.25) is 5.02 Å². The minimum absolute atomic E-state index is 0.184. The molecule has 0 unspecified atom stereocenters. The van der Waals surface area contributed by atoms with E-state index in [9.17, 15) is 4.79 Å². The molecule has 0 fully saturated rings. The monoisotopic (exact) mass is 589 g/mol. The molecule has 3 rings (SSSR count). The van der Waals surface area contributed by atoms with E-state index in [0.29, 0.717) is 40.2 Å². The third-order valence-electron chi connectivity index (χ3n) is 3.90. The van der Waals surface area contributed by atoms with Crippen molar-refractivity contribution >= 4 is 68.1 Å². The number of methoxy groups -OCH3 is 1. The van der Waals surface area contributed by atoms with Crippen LogP contribution in [0.3, 0.4) is 0 Å². The van der Waals surface area contributed by atoms with E-state index < -0.39 is 5.97 Å². The molecule has 29 heavy (non-hydrogen) atoms. The number of rotatable bonds is 6. The van der Waals surface area contributed by atoms with Crippen LogP contribution < -0.4 is 9.47 Å². The summed E-state index contributed by atoms with van der Waals surface area (Å²) in [5.41, 5.74) is 1.55. The van der Waals surface area contributed by atoms with Gasteiger partial charge in [-0.2, -0.15) is 0 Å². The van der Waals surface area contributed by atoms with Gasteiger partial charge in [-0.05, 0) is 86.4 Å². The van der Waals surface area contributed by atoms with E-state index in [0.717, 1.165) is 8.04 Å². The van der Waals surface area contributed by atoms with Crippen LogP contribution in [0.25, 0.3) is 6.08 Å². The molecule has 8 heteroatoms. The van der Waals surface area contributed by atoms with Crippen LogP contribution in [0.15, 0.2) is 45.5 Å². The van der Waals surface area contributed by atoms with E-state index in [-0.39, 0.29) is 11.6 Å². The lowest BCUT2D eigenvalue weighted by Crippen LogP contribution is -2.06. The molecule has 2 aromatic carbocycles. The van der Waals surface area contributed by atoms with Crippen LogP contribution in [-0.4, -0.2) is 25.6 Å².